The third-order valence-electron chi connectivity index (χ3n) is 4.53. The summed E-state index contributed by atoms with van der Waals surface area (Å²) in [5.41, 5.74) is 0.828. The molecule has 1 aromatic carbocycles. The molecule has 1 heterocycles. The van der Waals surface area contributed by atoms with E-state index < -0.39 is 0 Å². The van der Waals surface area contributed by atoms with Gasteiger partial charge in [-0.15, -0.1) is 0 Å². The van der Waals surface area contributed by atoms with Crippen molar-refractivity contribution in [2.45, 2.75) is 50.9 Å². The van der Waals surface area contributed by atoms with Gasteiger partial charge in [0.25, 0.3) is 0 Å². The van der Waals surface area contributed by atoms with E-state index in [1.54, 1.807) is 0 Å². The molecule has 2 rings (SSSR count). The van der Waals surface area contributed by atoms with Gasteiger partial charge in [0.15, 0.2) is 0 Å². The average molecular weight is 288 g/mol. The fourth-order valence-electron chi connectivity index (χ4n) is 3.18. The Morgan fingerprint density at radius 2 is 1.86 bits per heavy atom. The van der Waals surface area contributed by atoms with E-state index in [0.29, 0.717) is 0 Å². The fourth-order valence-corrected chi connectivity index (χ4v) is 3.18. The predicted octanol–water partition coefficient (Wildman–Crippen LogP) is 3.00. The molecule has 3 heteroatoms. The summed E-state index contributed by atoms with van der Waals surface area (Å²) in [5, 5.41) is 6.55. The van der Waals surface area contributed by atoms with Gasteiger partial charge in [0, 0.05) is 6.54 Å². The minimum Gasteiger partial charge on any atom is -0.355 e. The number of benzene rings is 1. The maximum atomic E-state index is 12.8. The summed E-state index contributed by atoms with van der Waals surface area (Å²) in [6.45, 7) is 4.84. The van der Waals surface area contributed by atoms with Gasteiger partial charge in [-0.25, -0.2) is 0 Å². The van der Waals surface area contributed by atoms with Crippen molar-refractivity contribution in [1.82, 2.24) is 10.6 Å². The SMILES string of the molecule is CCCCCCNC(=O)C1(c2ccccc2)CCNCC1. The fraction of sp³-hybridized carbons (Fsp3) is 0.611. The van der Waals surface area contributed by atoms with E-state index >= 15 is 0 Å². The van der Waals surface area contributed by atoms with E-state index in [1.807, 2.05) is 18.2 Å². The molecule has 21 heavy (non-hydrogen) atoms. The topological polar surface area (TPSA) is 41.1 Å². The lowest BCUT2D eigenvalue weighted by molar-refractivity contribution is -0.127. The van der Waals surface area contributed by atoms with Crippen LogP contribution in [0.3, 0.4) is 0 Å². The summed E-state index contributed by atoms with van der Waals surface area (Å²) in [6.07, 6.45) is 6.55. The molecule has 1 aromatic rings. The summed E-state index contributed by atoms with van der Waals surface area (Å²) in [6, 6.07) is 10.3. The van der Waals surface area contributed by atoms with E-state index in [-0.39, 0.29) is 11.3 Å². The molecule has 116 valence electrons. The number of piperidine rings is 1. The molecule has 0 aliphatic carbocycles. The molecular weight excluding hydrogens is 260 g/mol. The van der Waals surface area contributed by atoms with Crippen LogP contribution < -0.4 is 10.6 Å². The Bertz CT molecular complexity index is 424. The van der Waals surface area contributed by atoms with E-state index in [1.165, 1.54) is 19.3 Å². The Hall–Kier alpha value is -1.35. The van der Waals surface area contributed by atoms with Crippen molar-refractivity contribution in [2.75, 3.05) is 19.6 Å². The normalized spacial score (nSPS) is 17.4. The maximum absolute atomic E-state index is 12.8. The Balaban J connectivity index is 2.01. The summed E-state index contributed by atoms with van der Waals surface area (Å²) >= 11 is 0. The first-order chi connectivity index (χ1) is 10.3. The molecule has 0 atom stereocenters. The van der Waals surface area contributed by atoms with Gasteiger partial charge >= 0.3 is 0 Å². The van der Waals surface area contributed by atoms with Gasteiger partial charge in [-0.3, -0.25) is 4.79 Å². The summed E-state index contributed by atoms with van der Waals surface area (Å²) in [7, 11) is 0. The van der Waals surface area contributed by atoms with Crippen LogP contribution in [0.5, 0.6) is 0 Å². The highest BCUT2D eigenvalue weighted by Gasteiger charge is 2.40. The van der Waals surface area contributed by atoms with Crippen LogP contribution >= 0.6 is 0 Å². The lowest BCUT2D eigenvalue weighted by Gasteiger charge is -2.36. The molecule has 0 saturated carbocycles. The predicted molar refractivity (Wildman–Crippen MR) is 87.4 cm³/mol. The first kappa shape index (κ1) is 16.0. The van der Waals surface area contributed by atoms with E-state index in [9.17, 15) is 4.79 Å². The number of amides is 1. The standard InChI is InChI=1S/C18H28N2O/c1-2-3-4-8-13-20-17(21)18(11-14-19-15-12-18)16-9-6-5-7-10-16/h5-7,9-10,19H,2-4,8,11-15H2,1H3,(H,20,21). The molecule has 0 aromatic heterocycles. The molecule has 0 radical (unpaired) electrons. The number of carbonyl (C=O) groups is 1. The number of nitrogens with one attached hydrogen (secondary N) is 2. The zero-order chi connectivity index (χ0) is 15.0. The Kier molecular flexibility index (Phi) is 6.24. The van der Waals surface area contributed by atoms with Gasteiger partial charge in [-0.1, -0.05) is 56.5 Å². The summed E-state index contributed by atoms with van der Waals surface area (Å²) in [5.74, 6) is 0.215. The molecule has 1 aliphatic rings. The van der Waals surface area contributed by atoms with E-state index in [0.717, 1.165) is 44.5 Å². The second-order valence-electron chi connectivity index (χ2n) is 6.01. The molecule has 1 fully saturated rings. The van der Waals surface area contributed by atoms with Crippen LogP contribution in [0.1, 0.15) is 51.0 Å². The van der Waals surface area contributed by atoms with Crippen molar-refractivity contribution in [2.24, 2.45) is 0 Å². The molecule has 0 unspecified atom stereocenters. The first-order valence-electron chi connectivity index (χ1n) is 8.34. The molecular formula is C18H28N2O. The Morgan fingerprint density at radius 3 is 2.52 bits per heavy atom. The Morgan fingerprint density at radius 1 is 1.14 bits per heavy atom. The monoisotopic (exact) mass is 288 g/mol. The molecule has 2 N–H and O–H groups in total. The maximum Gasteiger partial charge on any atom is 0.230 e. The van der Waals surface area contributed by atoms with E-state index in [4.69, 9.17) is 0 Å². The number of rotatable bonds is 7. The number of hydrogen-bond acceptors (Lipinski definition) is 2. The second-order valence-corrected chi connectivity index (χ2v) is 6.01. The zero-order valence-electron chi connectivity index (χ0n) is 13.2. The minimum atomic E-state index is -0.336. The highest BCUT2D eigenvalue weighted by Crippen LogP contribution is 2.33. The van der Waals surface area contributed by atoms with Crippen molar-refractivity contribution in [3.8, 4) is 0 Å². The van der Waals surface area contributed by atoms with Crippen LogP contribution in [0.4, 0.5) is 0 Å². The van der Waals surface area contributed by atoms with Gasteiger partial charge in [0.2, 0.25) is 5.91 Å². The molecule has 1 aliphatic heterocycles. The van der Waals surface area contributed by atoms with Crippen LogP contribution in [0, 0.1) is 0 Å². The summed E-state index contributed by atoms with van der Waals surface area (Å²) in [4.78, 5) is 12.8. The van der Waals surface area contributed by atoms with Gasteiger partial charge in [0.1, 0.15) is 0 Å². The van der Waals surface area contributed by atoms with Crippen LogP contribution in [0.25, 0.3) is 0 Å². The van der Waals surface area contributed by atoms with Crippen LogP contribution in [-0.2, 0) is 10.2 Å². The lowest BCUT2D eigenvalue weighted by Crippen LogP contribution is -2.50. The van der Waals surface area contributed by atoms with Crippen molar-refractivity contribution in [1.29, 1.82) is 0 Å². The smallest absolute Gasteiger partial charge is 0.230 e. The molecule has 1 saturated heterocycles. The van der Waals surface area contributed by atoms with Crippen molar-refractivity contribution in [3.63, 3.8) is 0 Å². The average Bonchev–Trinajstić information content (AvgIpc) is 2.56. The molecule has 0 spiro atoms. The second kappa shape index (κ2) is 8.18. The van der Waals surface area contributed by atoms with Crippen molar-refractivity contribution >= 4 is 5.91 Å². The lowest BCUT2D eigenvalue weighted by atomic mass is 9.72. The van der Waals surface area contributed by atoms with Crippen molar-refractivity contribution in [3.05, 3.63) is 35.9 Å². The highest BCUT2D eigenvalue weighted by molar-refractivity contribution is 5.88. The largest absolute Gasteiger partial charge is 0.355 e. The third-order valence-corrected chi connectivity index (χ3v) is 4.53. The van der Waals surface area contributed by atoms with Crippen LogP contribution in [0.15, 0.2) is 30.3 Å². The van der Waals surface area contributed by atoms with Crippen LogP contribution in [-0.4, -0.2) is 25.5 Å². The molecule has 0 bridgehead atoms. The third kappa shape index (κ3) is 4.07. The van der Waals surface area contributed by atoms with Gasteiger partial charge in [-0.2, -0.15) is 0 Å². The number of unbranched alkanes of at least 4 members (excludes halogenated alkanes) is 3. The van der Waals surface area contributed by atoms with E-state index in [2.05, 4.69) is 29.7 Å². The van der Waals surface area contributed by atoms with Gasteiger partial charge in [-0.05, 0) is 37.9 Å². The minimum absolute atomic E-state index is 0.215. The molecule has 1 amide bonds. The number of carbonyl (C=O) groups excluding carboxylic acids is 1. The van der Waals surface area contributed by atoms with Gasteiger partial charge in [0.05, 0.1) is 5.41 Å². The number of hydrogen-bond donors (Lipinski definition) is 2. The van der Waals surface area contributed by atoms with Crippen molar-refractivity contribution < 1.29 is 4.79 Å². The zero-order valence-corrected chi connectivity index (χ0v) is 13.2. The first-order valence-corrected chi connectivity index (χ1v) is 8.34. The quantitative estimate of drug-likeness (QED) is 0.757. The molecule has 3 nitrogen and oxygen atoms in total. The van der Waals surface area contributed by atoms with Gasteiger partial charge < -0.3 is 10.6 Å². The Labute approximate surface area is 128 Å². The van der Waals surface area contributed by atoms with Crippen LogP contribution in [0.2, 0.25) is 0 Å². The summed E-state index contributed by atoms with van der Waals surface area (Å²) < 4.78 is 0. The highest BCUT2D eigenvalue weighted by atomic mass is 16.2.